The van der Waals surface area contributed by atoms with Crippen LogP contribution in [0, 0.1) is 0 Å². The van der Waals surface area contributed by atoms with E-state index in [1.165, 1.54) is 0 Å². The summed E-state index contributed by atoms with van der Waals surface area (Å²) < 4.78 is 21.2. The largest absolute Gasteiger partial charge is 0.329 e. The smallest absolute Gasteiger partial charge is 0.155 e. The Morgan fingerprint density at radius 2 is 2.00 bits per heavy atom. The van der Waals surface area contributed by atoms with Gasteiger partial charge in [-0.05, 0) is 0 Å². The Morgan fingerprint density at radius 1 is 1.55 bits per heavy atom. The molecular weight excluding hydrogens is 166 g/mol. The Bertz CT molecular complexity index is 272. The summed E-state index contributed by atoms with van der Waals surface area (Å²) in [6.45, 7) is 0.0531. The maximum Gasteiger partial charge on any atom is 0.155 e. The number of hydrogen-bond donors (Lipinski definition) is 1. The van der Waals surface area contributed by atoms with Crippen LogP contribution in [0.1, 0.15) is 12.8 Å². The highest BCUT2D eigenvalue weighted by molar-refractivity contribution is 7.92. The molecule has 1 aliphatic rings. The zero-order valence-corrected chi connectivity index (χ0v) is 7.15. The molecular formula is C6H11NO3S. The molecule has 0 aromatic rings. The molecule has 0 bridgehead atoms. The van der Waals surface area contributed by atoms with Crippen molar-refractivity contribution in [1.82, 2.24) is 0 Å². The topological polar surface area (TPSA) is 77.2 Å². The number of rotatable bonds is 2. The molecule has 0 amide bonds. The number of hydrogen-bond acceptors (Lipinski definition) is 4. The molecule has 1 rings (SSSR count). The lowest BCUT2D eigenvalue weighted by atomic mass is 9.83. The number of carbonyl (C=O) groups is 1. The molecule has 1 fully saturated rings. The van der Waals surface area contributed by atoms with Gasteiger partial charge in [-0.1, -0.05) is 0 Å². The standard InChI is InChI=1S/C6H11NO3S/c1-11(9,10)6(4-7)2-5(8)3-6/h2-4,7H2,1H3. The van der Waals surface area contributed by atoms with Gasteiger partial charge in [0.25, 0.3) is 0 Å². The van der Waals surface area contributed by atoms with Gasteiger partial charge in [-0.25, -0.2) is 8.42 Å². The van der Waals surface area contributed by atoms with Gasteiger partial charge in [0.2, 0.25) is 0 Å². The normalized spacial score (nSPS) is 22.9. The third-order valence-electron chi connectivity index (χ3n) is 2.20. The van der Waals surface area contributed by atoms with E-state index in [1.807, 2.05) is 0 Å². The Morgan fingerprint density at radius 3 is 2.09 bits per heavy atom. The van der Waals surface area contributed by atoms with Gasteiger partial charge in [-0.2, -0.15) is 0 Å². The maximum absolute atomic E-state index is 11.1. The number of ketones is 1. The van der Waals surface area contributed by atoms with E-state index in [1.54, 1.807) is 0 Å². The van der Waals surface area contributed by atoms with Crippen LogP contribution in [0.4, 0.5) is 0 Å². The summed E-state index contributed by atoms with van der Waals surface area (Å²) in [7, 11) is -3.16. The fourth-order valence-corrected chi connectivity index (χ4v) is 2.37. The first-order chi connectivity index (χ1) is 4.91. The number of carbonyl (C=O) groups excluding carboxylic acids is 1. The predicted molar refractivity (Wildman–Crippen MR) is 40.9 cm³/mol. The summed E-state index contributed by atoms with van der Waals surface area (Å²) in [6, 6.07) is 0. The molecule has 1 aliphatic carbocycles. The summed E-state index contributed by atoms with van der Waals surface area (Å²) in [6.07, 6.45) is 1.33. The Balaban J connectivity index is 2.90. The lowest BCUT2D eigenvalue weighted by molar-refractivity contribution is -0.125. The van der Waals surface area contributed by atoms with Crippen molar-refractivity contribution in [3.05, 3.63) is 0 Å². The average molecular weight is 177 g/mol. The second kappa shape index (κ2) is 2.28. The molecule has 64 valence electrons. The Kier molecular flexibility index (Phi) is 1.80. The van der Waals surface area contributed by atoms with E-state index in [0.717, 1.165) is 6.26 Å². The molecule has 0 aliphatic heterocycles. The van der Waals surface area contributed by atoms with Crippen molar-refractivity contribution in [3.63, 3.8) is 0 Å². The van der Waals surface area contributed by atoms with Crippen LogP contribution in [0.15, 0.2) is 0 Å². The first-order valence-corrected chi connectivity index (χ1v) is 5.22. The van der Waals surface area contributed by atoms with Crippen molar-refractivity contribution in [2.45, 2.75) is 17.6 Å². The van der Waals surface area contributed by atoms with Crippen LogP contribution in [0.25, 0.3) is 0 Å². The molecule has 0 saturated heterocycles. The van der Waals surface area contributed by atoms with Gasteiger partial charge >= 0.3 is 0 Å². The van der Waals surface area contributed by atoms with E-state index < -0.39 is 14.6 Å². The average Bonchev–Trinajstić information content (AvgIpc) is 1.77. The van der Waals surface area contributed by atoms with Gasteiger partial charge in [0.15, 0.2) is 9.84 Å². The minimum atomic E-state index is -3.16. The quantitative estimate of drug-likeness (QED) is 0.592. The lowest BCUT2D eigenvalue weighted by Crippen LogP contribution is -2.55. The number of Topliss-reactive ketones (excluding diaryl/α,β-unsaturated/α-hetero) is 1. The first kappa shape index (κ1) is 8.67. The second-order valence-electron chi connectivity index (χ2n) is 3.05. The van der Waals surface area contributed by atoms with Crippen molar-refractivity contribution in [3.8, 4) is 0 Å². The molecule has 0 spiro atoms. The summed E-state index contributed by atoms with van der Waals surface area (Å²) in [5.74, 6) is -0.0131. The second-order valence-corrected chi connectivity index (χ2v) is 5.46. The van der Waals surface area contributed by atoms with E-state index in [4.69, 9.17) is 5.73 Å². The molecule has 1 saturated carbocycles. The van der Waals surface area contributed by atoms with E-state index >= 15 is 0 Å². The van der Waals surface area contributed by atoms with E-state index in [-0.39, 0.29) is 25.2 Å². The minimum Gasteiger partial charge on any atom is -0.329 e. The highest BCUT2D eigenvalue weighted by atomic mass is 32.2. The van der Waals surface area contributed by atoms with Crippen molar-refractivity contribution in [2.24, 2.45) is 5.73 Å². The van der Waals surface area contributed by atoms with Crippen molar-refractivity contribution >= 4 is 15.6 Å². The monoisotopic (exact) mass is 177 g/mol. The fraction of sp³-hybridized carbons (Fsp3) is 0.833. The summed E-state index contributed by atoms with van der Waals surface area (Å²) >= 11 is 0. The fourth-order valence-electron chi connectivity index (χ4n) is 1.22. The minimum absolute atomic E-state index is 0.0131. The first-order valence-electron chi connectivity index (χ1n) is 3.33. The highest BCUT2D eigenvalue weighted by Crippen LogP contribution is 2.34. The van der Waals surface area contributed by atoms with E-state index in [0.29, 0.717) is 0 Å². The van der Waals surface area contributed by atoms with E-state index in [2.05, 4.69) is 0 Å². The number of nitrogens with two attached hydrogens (primary N) is 1. The lowest BCUT2D eigenvalue weighted by Gasteiger charge is -2.37. The SMILES string of the molecule is CS(=O)(=O)C1(CN)CC(=O)C1. The summed E-state index contributed by atoms with van der Waals surface area (Å²) in [5, 5.41) is 0. The molecule has 0 heterocycles. The summed E-state index contributed by atoms with van der Waals surface area (Å²) in [5.41, 5.74) is 5.29. The molecule has 0 aromatic carbocycles. The van der Waals surface area contributed by atoms with Gasteiger partial charge in [0, 0.05) is 25.6 Å². The molecule has 0 atom stereocenters. The third-order valence-corrected chi connectivity index (χ3v) is 4.23. The van der Waals surface area contributed by atoms with Gasteiger partial charge in [0.05, 0.1) is 4.75 Å². The maximum atomic E-state index is 11.1. The van der Waals surface area contributed by atoms with Crippen LogP contribution in [-0.4, -0.2) is 31.7 Å². The highest BCUT2D eigenvalue weighted by Gasteiger charge is 2.50. The van der Waals surface area contributed by atoms with Gasteiger partial charge in [0.1, 0.15) is 5.78 Å². The van der Waals surface area contributed by atoms with Crippen LogP contribution in [-0.2, 0) is 14.6 Å². The Labute approximate surface area is 65.7 Å². The van der Waals surface area contributed by atoms with Crippen LogP contribution in [0.5, 0.6) is 0 Å². The zero-order valence-electron chi connectivity index (χ0n) is 6.33. The van der Waals surface area contributed by atoms with Gasteiger partial charge in [-0.15, -0.1) is 0 Å². The molecule has 2 N–H and O–H groups in total. The van der Waals surface area contributed by atoms with Crippen LogP contribution in [0.2, 0.25) is 0 Å². The molecule has 4 nitrogen and oxygen atoms in total. The molecule has 0 radical (unpaired) electrons. The molecule has 11 heavy (non-hydrogen) atoms. The van der Waals surface area contributed by atoms with Gasteiger partial charge in [-0.3, -0.25) is 4.79 Å². The molecule has 5 heteroatoms. The number of sulfone groups is 1. The predicted octanol–water partition coefficient (Wildman–Crippen LogP) is -0.909. The van der Waals surface area contributed by atoms with Gasteiger partial charge < -0.3 is 5.73 Å². The van der Waals surface area contributed by atoms with E-state index in [9.17, 15) is 13.2 Å². The van der Waals surface area contributed by atoms with Crippen LogP contribution in [0.3, 0.4) is 0 Å². The van der Waals surface area contributed by atoms with Crippen molar-refractivity contribution in [2.75, 3.05) is 12.8 Å². The summed E-state index contributed by atoms with van der Waals surface area (Å²) in [4.78, 5) is 10.6. The molecule has 0 aromatic heterocycles. The van der Waals surface area contributed by atoms with Crippen LogP contribution >= 0.6 is 0 Å². The zero-order chi connectivity index (χ0) is 8.70. The molecule has 0 unspecified atom stereocenters. The third kappa shape index (κ3) is 1.18. The van der Waals surface area contributed by atoms with Crippen molar-refractivity contribution < 1.29 is 13.2 Å². The van der Waals surface area contributed by atoms with Crippen LogP contribution < -0.4 is 5.73 Å². The van der Waals surface area contributed by atoms with Crippen molar-refractivity contribution in [1.29, 1.82) is 0 Å². The Hall–Kier alpha value is -0.420.